The molecule has 0 saturated heterocycles. The Labute approximate surface area is 114 Å². The van der Waals surface area contributed by atoms with E-state index in [1.165, 1.54) is 38.5 Å². The van der Waals surface area contributed by atoms with Gasteiger partial charge < -0.3 is 5.73 Å². The second-order valence-corrected chi connectivity index (χ2v) is 8.55. The van der Waals surface area contributed by atoms with Gasteiger partial charge in [-0.15, -0.1) is 0 Å². The lowest BCUT2D eigenvalue weighted by atomic mass is 9.57. The van der Waals surface area contributed by atoms with Crippen molar-refractivity contribution in [1.29, 1.82) is 0 Å². The van der Waals surface area contributed by atoms with E-state index in [-0.39, 0.29) is 5.54 Å². The van der Waals surface area contributed by atoms with Crippen LogP contribution in [0.3, 0.4) is 0 Å². The Kier molecular flexibility index (Phi) is 3.84. The van der Waals surface area contributed by atoms with E-state index in [9.17, 15) is 0 Å². The highest BCUT2D eigenvalue weighted by Crippen LogP contribution is 2.50. The molecule has 5 atom stereocenters. The highest BCUT2D eigenvalue weighted by Gasteiger charge is 2.46. The molecule has 2 aliphatic carbocycles. The van der Waals surface area contributed by atoms with Crippen molar-refractivity contribution in [2.45, 2.75) is 78.7 Å². The van der Waals surface area contributed by atoms with Gasteiger partial charge in [-0.25, -0.2) is 0 Å². The van der Waals surface area contributed by atoms with E-state index in [1.54, 1.807) is 0 Å². The Bertz CT molecular complexity index is 296. The van der Waals surface area contributed by atoms with E-state index < -0.39 is 0 Å². The molecule has 2 fully saturated rings. The van der Waals surface area contributed by atoms with Crippen LogP contribution < -0.4 is 5.73 Å². The molecule has 0 aromatic rings. The molecule has 5 unspecified atom stereocenters. The lowest BCUT2D eigenvalue weighted by Crippen LogP contribution is -2.55. The largest absolute Gasteiger partial charge is 0.325 e. The minimum absolute atomic E-state index is 0.121. The van der Waals surface area contributed by atoms with Crippen LogP contribution in [0.4, 0.5) is 0 Å². The van der Waals surface area contributed by atoms with Gasteiger partial charge in [-0.3, -0.25) is 0 Å². The van der Waals surface area contributed by atoms with E-state index in [4.69, 9.17) is 5.73 Å². The average Bonchev–Trinajstić information content (AvgIpc) is 2.18. The van der Waals surface area contributed by atoms with Gasteiger partial charge in [0.25, 0.3) is 0 Å². The SMILES string of the molecule is CC1CC(C)(C)CC(N)(C2CCC(C)C(C)C2)C1. The van der Waals surface area contributed by atoms with Crippen molar-refractivity contribution in [3.05, 3.63) is 0 Å². The summed E-state index contributed by atoms with van der Waals surface area (Å²) in [6.45, 7) is 12.1. The maximum absolute atomic E-state index is 6.91. The summed E-state index contributed by atoms with van der Waals surface area (Å²) in [4.78, 5) is 0. The van der Waals surface area contributed by atoms with E-state index in [1.807, 2.05) is 0 Å². The molecule has 18 heavy (non-hydrogen) atoms. The van der Waals surface area contributed by atoms with Gasteiger partial charge in [-0.05, 0) is 61.2 Å². The molecular weight excluding hydrogens is 218 g/mol. The van der Waals surface area contributed by atoms with Crippen molar-refractivity contribution < 1.29 is 0 Å². The fraction of sp³-hybridized carbons (Fsp3) is 1.00. The minimum Gasteiger partial charge on any atom is -0.325 e. The Morgan fingerprint density at radius 2 is 1.61 bits per heavy atom. The van der Waals surface area contributed by atoms with Crippen LogP contribution in [0.25, 0.3) is 0 Å². The van der Waals surface area contributed by atoms with Crippen LogP contribution in [0, 0.1) is 29.1 Å². The van der Waals surface area contributed by atoms with Crippen LogP contribution in [0.1, 0.15) is 73.1 Å². The molecule has 0 aromatic carbocycles. The maximum Gasteiger partial charge on any atom is 0.0190 e. The highest BCUT2D eigenvalue weighted by atomic mass is 14.8. The van der Waals surface area contributed by atoms with Crippen molar-refractivity contribution in [3.63, 3.8) is 0 Å². The summed E-state index contributed by atoms with van der Waals surface area (Å²) < 4.78 is 0. The summed E-state index contributed by atoms with van der Waals surface area (Å²) in [6, 6.07) is 0. The lowest BCUT2D eigenvalue weighted by molar-refractivity contribution is 0.0335. The molecular formula is C17H33N. The molecule has 106 valence electrons. The normalized spacial score (nSPS) is 49.0. The van der Waals surface area contributed by atoms with Crippen molar-refractivity contribution in [2.75, 3.05) is 0 Å². The fourth-order valence-electron chi connectivity index (χ4n) is 5.08. The first-order valence-corrected chi connectivity index (χ1v) is 8.01. The Hall–Kier alpha value is -0.0400. The molecule has 2 N–H and O–H groups in total. The maximum atomic E-state index is 6.91. The van der Waals surface area contributed by atoms with Crippen molar-refractivity contribution in [3.8, 4) is 0 Å². The summed E-state index contributed by atoms with van der Waals surface area (Å²) >= 11 is 0. The van der Waals surface area contributed by atoms with Crippen LogP contribution in [0.2, 0.25) is 0 Å². The first-order valence-electron chi connectivity index (χ1n) is 8.01. The molecule has 0 amide bonds. The summed E-state index contributed by atoms with van der Waals surface area (Å²) in [5, 5.41) is 0. The van der Waals surface area contributed by atoms with Crippen LogP contribution in [-0.4, -0.2) is 5.54 Å². The molecule has 2 aliphatic rings. The van der Waals surface area contributed by atoms with Gasteiger partial charge >= 0.3 is 0 Å². The van der Waals surface area contributed by atoms with Gasteiger partial charge in [0.2, 0.25) is 0 Å². The molecule has 2 rings (SSSR count). The van der Waals surface area contributed by atoms with Gasteiger partial charge in [0.1, 0.15) is 0 Å². The molecule has 0 spiro atoms. The van der Waals surface area contributed by atoms with E-state index in [2.05, 4.69) is 34.6 Å². The van der Waals surface area contributed by atoms with Gasteiger partial charge in [0.15, 0.2) is 0 Å². The Morgan fingerprint density at radius 1 is 0.944 bits per heavy atom. The molecule has 2 saturated carbocycles. The summed E-state index contributed by atoms with van der Waals surface area (Å²) in [5.74, 6) is 3.34. The van der Waals surface area contributed by atoms with Gasteiger partial charge in [-0.2, -0.15) is 0 Å². The van der Waals surface area contributed by atoms with Crippen molar-refractivity contribution in [1.82, 2.24) is 0 Å². The van der Waals surface area contributed by atoms with Crippen molar-refractivity contribution in [2.24, 2.45) is 34.8 Å². The molecule has 1 heteroatoms. The van der Waals surface area contributed by atoms with Gasteiger partial charge in [-0.1, -0.05) is 41.0 Å². The van der Waals surface area contributed by atoms with Crippen LogP contribution >= 0.6 is 0 Å². The fourth-order valence-corrected chi connectivity index (χ4v) is 5.08. The highest BCUT2D eigenvalue weighted by molar-refractivity contribution is 5.02. The zero-order valence-corrected chi connectivity index (χ0v) is 13.1. The number of rotatable bonds is 1. The quantitative estimate of drug-likeness (QED) is 0.724. The van der Waals surface area contributed by atoms with E-state index >= 15 is 0 Å². The smallest absolute Gasteiger partial charge is 0.0190 e. The number of hydrogen-bond acceptors (Lipinski definition) is 1. The van der Waals surface area contributed by atoms with Gasteiger partial charge in [0.05, 0.1) is 0 Å². The second-order valence-electron chi connectivity index (χ2n) is 8.55. The molecule has 0 radical (unpaired) electrons. The topological polar surface area (TPSA) is 26.0 Å². The van der Waals surface area contributed by atoms with Crippen LogP contribution in [0.15, 0.2) is 0 Å². The molecule has 0 heterocycles. The lowest BCUT2D eigenvalue weighted by Gasteiger charge is -2.52. The molecule has 0 bridgehead atoms. The zero-order chi connectivity index (χ0) is 13.6. The van der Waals surface area contributed by atoms with Crippen LogP contribution in [0.5, 0.6) is 0 Å². The molecule has 1 nitrogen and oxygen atoms in total. The van der Waals surface area contributed by atoms with Crippen molar-refractivity contribution >= 4 is 0 Å². The average molecular weight is 251 g/mol. The molecule has 0 aliphatic heterocycles. The Balaban J connectivity index is 2.10. The third kappa shape index (κ3) is 2.92. The van der Waals surface area contributed by atoms with Crippen LogP contribution in [-0.2, 0) is 0 Å². The van der Waals surface area contributed by atoms with Gasteiger partial charge in [0, 0.05) is 5.54 Å². The first-order chi connectivity index (χ1) is 8.22. The van der Waals surface area contributed by atoms with E-state index in [0.29, 0.717) is 5.41 Å². The first kappa shape index (κ1) is 14.4. The monoisotopic (exact) mass is 251 g/mol. The molecule has 0 aromatic heterocycles. The number of nitrogens with two attached hydrogens (primary N) is 1. The standard InChI is InChI=1S/C17H33N/c1-12-9-16(4,5)11-17(18,10-12)15-7-6-13(2)14(3)8-15/h12-15H,6-11,18H2,1-5H3. The number of hydrogen-bond donors (Lipinski definition) is 1. The third-order valence-electron chi connectivity index (χ3n) is 5.85. The predicted molar refractivity (Wildman–Crippen MR) is 79.4 cm³/mol. The summed E-state index contributed by atoms with van der Waals surface area (Å²) in [6.07, 6.45) is 7.95. The minimum atomic E-state index is 0.121. The third-order valence-corrected chi connectivity index (χ3v) is 5.85. The Morgan fingerprint density at radius 3 is 2.17 bits per heavy atom. The van der Waals surface area contributed by atoms with E-state index in [0.717, 1.165) is 23.7 Å². The second kappa shape index (κ2) is 4.81. The summed E-state index contributed by atoms with van der Waals surface area (Å²) in [7, 11) is 0. The predicted octanol–water partition coefficient (Wildman–Crippen LogP) is 4.60. The summed E-state index contributed by atoms with van der Waals surface area (Å²) in [5.41, 5.74) is 7.47. The zero-order valence-electron chi connectivity index (χ0n) is 13.1.